The van der Waals surface area contributed by atoms with Crippen molar-refractivity contribution in [1.82, 2.24) is 9.88 Å². The summed E-state index contributed by atoms with van der Waals surface area (Å²) in [6.07, 6.45) is 3.50. The van der Waals surface area contributed by atoms with E-state index < -0.39 is 0 Å². The lowest BCUT2D eigenvalue weighted by Gasteiger charge is -2.22. The van der Waals surface area contributed by atoms with Gasteiger partial charge in [-0.1, -0.05) is 20.8 Å². The fourth-order valence-corrected chi connectivity index (χ4v) is 2.36. The third-order valence-electron chi connectivity index (χ3n) is 3.11. The summed E-state index contributed by atoms with van der Waals surface area (Å²) in [6, 6.07) is 4.38. The van der Waals surface area contributed by atoms with Crippen LogP contribution in [0.2, 0.25) is 0 Å². The highest BCUT2D eigenvalue weighted by Crippen LogP contribution is 2.15. The minimum atomic E-state index is 0.179. The van der Waals surface area contributed by atoms with E-state index in [-0.39, 0.29) is 5.54 Å². The van der Waals surface area contributed by atoms with E-state index >= 15 is 0 Å². The molecule has 1 rings (SSSR count). The fraction of sp³-hybridized carbons (Fsp3) is 0.750. The zero-order valence-electron chi connectivity index (χ0n) is 13.0. The zero-order chi connectivity index (χ0) is 13.8. The first-order chi connectivity index (χ1) is 8.28. The molecule has 1 atom stereocenters. The predicted octanol–water partition coefficient (Wildman–Crippen LogP) is 4.06. The van der Waals surface area contributed by atoms with Gasteiger partial charge in [0.15, 0.2) is 0 Å². The van der Waals surface area contributed by atoms with E-state index in [0.717, 1.165) is 24.9 Å². The second-order valence-electron chi connectivity index (χ2n) is 6.99. The number of rotatable bonds is 6. The van der Waals surface area contributed by atoms with Crippen molar-refractivity contribution >= 4 is 0 Å². The Morgan fingerprint density at radius 2 is 1.89 bits per heavy atom. The summed E-state index contributed by atoms with van der Waals surface area (Å²) in [5, 5.41) is 3.56. The molecular formula is C16H30N2. The van der Waals surface area contributed by atoms with E-state index in [2.05, 4.69) is 69.8 Å². The van der Waals surface area contributed by atoms with Gasteiger partial charge in [0.25, 0.3) is 0 Å². The highest BCUT2D eigenvalue weighted by molar-refractivity contribution is 5.07. The summed E-state index contributed by atoms with van der Waals surface area (Å²) < 4.78 is 2.39. The van der Waals surface area contributed by atoms with Crippen molar-refractivity contribution < 1.29 is 0 Å². The Hall–Kier alpha value is -0.760. The molecule has 0 saturated heterocycles. The number of hydrogen-bond donors (Lipinski definition) is 1. The zero-order valence-corrected chi connectivity index (χ0v) is 13.0. The first-order valence-corrected chi connectivity index (χ1v) is 7.17. The molecule has 0 aliphatic carbocycles. The van der Waals surface area contributed by atoms with E-state index in [1.807, 2.05) is 0 Å². The molecular weight excluding hydrogens is 220 g/mol. The summed E-state index contributed by atoms with van der Waals surface area (Å²) >= 11 is 0. The van der Waals surface area contributed by atoms with Gasteiger partial charge in [-0.25, -0.2) is 0 Å². The molecule has 0 bridgehead atoms. The third-order valence-corrected chi connectivity index (χ3v) is 3.11. The monoisotopic (exact) mass is 250 g/mol. The molecule has 0 spiro atoms. The van der Waals surface area contributed by atoms with E-state index in [0.29, 0.717) is 0 Å². The number of aromatic nitrogens is 1. The van der Waals surface area contributed by atoms with Crippen LogP contribution < -0.4 is 5.32 Å². The van der Waals surface area contributed by atoms with Crippen LogP contribution in [-0.4, -0.2) is 10.1 Å². The first kappa shape index (κ1) is 15.3. The fourth-order valence-electron chi connectivity index (χ4n) is 2.36. The van der Waals surface area contributed by atoms with Gasteiger partial charge in [-0.3, -0.25) is 0 Å². The van der Waals surface area contributed by atoms with Gasteiger partial charge < -0.3 is 9.88 Å². The van der Waals surface area contributed by atoms with Crippen molar-refractivity contribution in [2.24, 2.45) is 11.8 Å². The molecule has 1 aromatic rings. The van der Waals surface area contributed by atoms with E-state index in [1.165, 1.54) is 12.1 Å². The van der Waals surface area contributed by atoms with Crippen molar-refractivity contribution in [2.45, 2.75) is 66.6 Å². The Morgan fingerprint density at radius 1 is 1.22 bits per heavy atom. The molecule has 0 aliphatic rings. The standard InChI is InChI=1S/C16H30N2/c1-13(2)10-14(3)12-18-9-7-8-15(18)11-17-16(4,5)6/h7-9,13-14,17H,10-12H2,1-6H3. The van der Waals surface area contributed by atoms with Crippen LogP contribution in [0.1, 0.15) is 53.7 Å². The smallest absolute Gasteiger partial charge is 0.0363 e. The van der Waals surface area contributed by atoms with Gasteiger partial charge in [-0.15, -0.1) is 0 Å². The predicted molar refractivity (Wildman–Crippen MR) is 79.6 cm³/mol. The quantitative estimate of drug-likeness (QED) is 0.805. The maximum Gasteiger partial charge on any atom is 0.0363 e. The second-order valence-corrected chi connectivity index (χ2v) is 6.99. The van der Waals surface area contributed by atoms with Crippen LogP contribution >= 0.6 is 0 Å². The molecule has 18 heavy (non-hydrogen) atoms. The van der Waals surface area contributed by atoms with Crippen molar-refractivity contribution in [3.8, 4) is 0 Å². The van der Waals surface area contributed by atoms with Crippen molar-refractivity contribution in [2.75, 3.05) is 0 Å². The Kier molecular flexibility index (Phi) is 5.46. The SMILES string of the molecule is CC(C)CC(C)Cn1cccc1CNC(C)(C)C. The molecule has 0 aliphatic heterocycles. The number of hydrogen-bond acceptors (Lipinski definition) is 1. The van der Waals surface area contributed by atoms with Crippen LogP contribution in [0.15, 0.2) is 18.3 Å². The van der Waals surface area contributed by atoms with Gasteiger partial charge >= 0.3 is 0 Å². The minimum absolute atomic E-state index is 0.179. The highest BCUT2D eigenvalue weighted by atomic mass is 15.0. The molecule has 1 aromatic heterocycles. The number of nitrogens with zero attached hydrogens (tertiary/aromatic N) is 1. The lowest BCUT2D eigenvalue weighted by atomic mass is 9.99. The Morgan fingerprint density at radius 3 is 2.44 bits per heavy atom. The molecule has 0 aromatic carbocycles. The van der Waals surface area contributed by atoms with Gasteiger partial charge in [0.1, 0.15) is 0 Å². The Labute approximate surface area is 113 Å². The molecule has 0 fully saturated rings. The normalized spacial score (nSPS) is 14.2. The minimum Gasteiger partial charge on any atom is -0.350 e. The van der Waals surface area contributed by atoms with Gasteiger partial charge in [0, 0.05) is 30.5 Å². The second kappa shape index (κ2) is 6.42. The Bertz CT molecular complexity index is 344. The van der Waals surface area contributed by atoms with Gasteiger partial charge in [-0.2, -0.15) is 0 Å². The van der Waals surface area contributed by atoms with Crippen LogP contribution in [0.25, 0.3) is 0 Å². The van der Waals surface area contributed by atoms with E-state index in [4.69, 9.17) is 0 Å². The van der Waals surface area contributed by atoms with Gasteiger partial charge in [-0.05, 0) is 51.2 Å². The molecule has 1 N–H and O–H groups in total. The average molecular weight is 250 g/mol. The van der Waals surface area contributed by atoms with Crippen molar-refractivity contribution in [1.29, 1.82) is 0 Å². The topological polar surface area (TPSA) is 17.0 Å². The largest absolute Gasteiger partial charge is 0.350 e. The molecule has 0 saturated carbocycles. The molecule has 2 nitrogen and oxygen atoms in total. The van der Waals surface area contributed by atoms with Crippen LogP contribution in [0.3, 0.4) is 0 Å². The van der Waals surface area contributed by atoms with Crippen molar-refractivity contribution in [3.05, 3.63) is 24.0 Å². The average Bonchev–Trinajstić information content (AvgIpc) is 2.59. The third kappa shape index (κ3) is 5.72. The molecule has 2 heteroatoms. The first-order valence-electron chi connectivity index (χ1n) is 7.17. The van der Waals surface area contributed by atoms with E-state index in [1.54, 1.807) is 0 Å². The maximum atomic E-state index is 3.56. The number of nitrogens with one attached hydrogen (secondary N) is 1. The van der Waals surface area contributed by atoms with Crippen LogP contribution in [0.4, 0.5) is 0 Å². The lowest BCUT2D eigenvalue weighted by Crippen LogP contribution is -2.35. The summed E-state index contributed by atoms with van der Waals surface area (Å²) in [5.41, 5.74) is 1.57. The summed E-state index contributed by atoms with van der Waals surface area (Å²) in [4.78, 5) is 0. The summed E-state index contributed by atoms with van der Waals surface area (Å²) in [6.45, 7) is 15.7. The van der Waals surface area contributed by atoms with Crippen LogP contribution in [0, 0.1) is 11.8 Å². The van der Waals surface area contributed by atoms with Gasteiger partial charge in [0.05, 0.1) is 0 Å². The molecule has 1 heterocycles. The maximum absolute atomic E-state index is 3.56. The van der Waals surface area contributed by atoms with Crippen LogP contribution in [-0.2, 0) is 13.1 Å². The summed E-state index contributed by atoms with van der Waals surface area (Å²) in [7, 11) is 0. The lowest BCUT2D eigenvalue weighted by molar-refractivity contribution is 0.374. The summed E-state index contributed by atoms with van der Waals surface area (Å²) in [5.74, 6) is 1.53. The molecule has 0 amide bonds. The van der Waals surface area contributed by atoms with Crippen LogP contribution in [0.5, 0.6) is 0 Å². The van der Waals surface area contributed by atoms with E-state index in [9.17, 15) is 0 Å². The molecule has 104 valence electrons. The highest BCUT2D eigenvalue weighted by Gasteiger charge is 2.11. The molecule has 0 radical (unpaired) electrons. The Balaban J connectivity index is 2.54. The molecule has 1 unspecified atom stereocenters. The van der Waals surface area contributed by atoms with Crippen molar-refractivity contribution in [3.63, 3.8) is 0 Å². The van der Waals surface area contributed by atoms with Gasteiger partial charge in [0.2, 0.25) is 0 Å².